The largest absolute Gasteiger partial charge is 0.460 e. The Morgan fingerprint density at radius 3 is 1.71 bits per heavy atom. The summed E-state index contributed by atoms with van der Waals surface area (Å²) in [5.74, 6) is -0.221. The zero-order valence-corrected chi connectivity index (χ0v) is 22.9. The van der Waals surface area contributed by atoms with Crippen LogP contribution in [0.5, 0.6) is 0 Å². The number of benzene rings is 2. The van der Waals surface area contributed by atoms with Gasteiger partial charge in [-0.1, -0.05) is 37.1 Å². The first kappa shape index (κ1) is 29.5. The van der Waals surface area contributed by atoms with Crippen molar-refractivity contribution in [3.8, 4) is 0 Å². The van der Waals surface area contributed by atoms with Crippen molar-refractivity contribution in [2.24, 2.45) is 0 Å². The van der Waals surface area contributed by atoms with Gasteiger partial charge in [0, 0.05) is 30.7 Å². The molecule has 3 rings (SSSR count). The van der Waals surface area contributed by atoms with Crippen molar-refractivity contribution in [2.75, 3.05) is 6.61 Å². The molecule has 1 aliphatic heterocycles. The highest BCUT2D eigenvalue weighted by Crippen LogP contribution is 2.77. The summed E-state index contributed by atoms with van der Waals surface area (Å²) in [5, 5.41) is 22.1. The van der Waals surface area contributed by atoms with Crippen LogP contribution in [0.2, 0.25) is 0 Å². The van der Waals surface area contributed by atoms with E-state index in [1.54, 1.807) is 24.3 Å². The lowest BCUT2D eigenvalue weighted by molar-refractivity contribution is -0.385. The topological polar surface area (TPSA) is 139 Å². The summed E-state index contributed by atoms with van der Waals surface area (Å²) in [6.07, 6.45) is 4.47. The quantitative estimate of drug-likeness (QED) is 0.0869. The minimum absolute atomic E-state index is 0.0409. The Kier molecular flexibility index (Phi) is 9.79. The van der Waals surface area contributed by atoms with Crippen LogP contribution in [0.1, 0.15) is 88.2 Å². The van der Waals surface area contributed by atoms with Gasteiger partial charge in [0.25, 0.3) is 11.4 Å². The molecule has 2 aromatic rings. The molecule has 1 fully saturated rings. The van der Waals surface area contributed by atoms with Crippen LogP contribution in [-0.4, -0.2) is 28.0 Å². The fourth-order valence-corrected chi connectivity index (χ4v) is 8.18. The average Bonchev–Trinajstić information content (AvgIpc) is 3.19. The van der Waals surface area contributed by atoms with Crippen LogP contribution in [0.25, 0.3) is 0 Å². The van der Waals surface area contributed by atoms with Gasteiger partial charge in [-0.3, -0.25) is 29.6 Å². The Hall–Kier alpha value is -3.10. The fraction of sp³-hybridized carbons (Fsp3) is 0.519. The normalized spacial score (nSPS) is 18.7. The molecule has 1 saturated heterocycles. The number of carbonyl (C=O) groups is 1. The first-order chi connectivity index (χ1) is 17.9. The second-order valence-corrected chi connectivity index (χ2v) is 13.3. The molecule has 2 atom stereocenters. The van der Waals surface area contributed by atoms with E-state index in [1.165, 1.54) is 24.3 Å². The molecule has 0 amide bonds. The van der Waals surface area contributed by atoms with Crippen LogP contribution >= 0.6 is 7.37 Å². The summed E-state index contributed by atoms with van der Waals surface area (Å²) in [5.41, 5.74) is 0.0213. The van der Waals surface area contributed by atoms with Gasteiger partial charge in [0.1, 0.15) is 5.60 Å². The SMILES string of the molecule is CC(C)(C)OC(=O)CCCCCCOP1(=O)[C@H](c2ccc([N+](=O)[O-])cc2)CC[C@H]1c1ccc([N+](=O)[O-])cc1. The predicted octanol–water partition coefficient (Wildman–Crippen LogP) is 7.67. The zero-order chi connectivity index (χ0) is 27.9. The zero-order valence-electron chi connectivity index (χ0n) is 22.0. The summed E-state index contributed by atoms with van der Waals surface area (Å²) in [6, 6.07) is 12.2. The van der Waals surface area contributed by atoms with E-state index in [-0.39, 0.29) is 24.0 Å². The summed E-state index contributed by atoms with van der Waals surface area (Å²) in [7, 11) is -3.32. The van der Waals surface area contributed by atoms with Gasteiger partial charge in [-0.15, -0.1) is 0 Å². The standard InChI is InChI=1S/C27H35N2O8P/c1-27(2,3)37-26(30)8-6-4-5-7-19-36-38(35)24(20-9-13-22(14-10-20)28(31)32)17-18-25(38)21-11-15-23(16-12-21)29(33)34/h9-16,24-25H,4-8,17-19H2,1-3H3/t24-,25-/m0/s1. The number of hydrogen-bond acceptors (Lipinski definition) is 8. The van der Waals surface area contributed by atoms with E-state index < -0.39 is 34.1 Å². The lowest BCUT2D eigenvalue weighted by Gasteiger charge is -2.26. The molecule has 0 bridgehead atoms. The number of rotatable bonds is 12. The summed E-state index contributed by atoms with van der Waals surface area (Å²) >= 11 is 0. The van der Waals surface area contributed by atoms with Gasteiger partial charge in [-0.2, -0.15) is 0 Å². The molecule has 11 heteroatoms. The molecule has 10 nitrogen and oxygen atoms in total. The van der Waals surface area contributed by atoms with Crippen molar-refractivity contribution in [1.29, 1.82) is 0 Å². The Bertz CT molecular complexity index is 1110. The molecule has 0 aliphatic carbocycles. The van der Waals surface area contributed by atoms with Gasteiger partial charge in [-0.25, -0.2) is 0 Å². The summed E-state index contributed by atoms with van der Waals surface area (Å²) < 4.78 is 26.0. The molecule has 2 aromatic carbocycles. The lowest BCUT2D eigenvalue weighted by Crippen LogP contribution is -2.23. The van der Waals surface area contributed by atoms with Gasteiger partial charge in [0.05, 0.1) is 27.8 Å². The maximum Gasteiger partial charge on any atom is 0.306 e. The van der Waals surface area contributed by atoms with E-state index in [1.807, 2.05) is 20.8 Å². The maximum absolute atomic E-state index is 14.5. The van der Waals surface area contributed by atoms with Crippen molar-refractivity contribution in [2.45, 2.75) is 82.6 Å². The molecular weight excluding hydrogens is 511 g/mol. The van der Waals surface area contributed by atoms with Crippen LogP contribution in [0.4, 0.5) is 11.4 Å². The molecule has 38 heavy (non-hydrogen) atoms. The maximum atomic E-state index is 14.5. The minimum atomic E-state index is -3.32. The number of carbonyl (C=O) groups excluding carboxylic acids is 1. The number of nitro groups is 2. The molecular formula is C27H35N2O8P. The highest BCUT2D eigenvalue weighted by atomic mass is 31.2. The number of nitro benzene ring substituents is 2. The van der Waals surface area contributed by atoms with Crippen molar-refractivity contribution in [3.63, 3.8) is 0 Å². The lowest BCUT2D eigenvalue weighted by atomic mass is 10.0. The van der Waals surface area contributed by atoms with Gasteiger partial charge in [0.2, 0.25) is 7.37 Å². The molecule has 0 spiro atoms. The van der Waals surface area contributed by atoms with E-state index in [0.29, 0.717) is 32.1 Å². The monoisotopic (exact) mass is 546 g/mol. The smallest absolute Gasteiger partial charge is 0.306 e. The number of esters is 1. The summed E-state index contributed by atoms with van der Waals surface area (Å²) in [4.78, 5) is 33.1. The highest BCUT2D eigenvalue weighted by Gasteiger charge is 2.49. The van der Waals surface area contributed by atoms with E-state index in [9.17, 15) is 29.6 Å². The summed E-state index contributed by atoms with van der Waals surface area (Å²) in [6.45, 7) is 5.78. The van der Waals surface area contributed by atoms with Gasteiger partial charge < -0.3 is 9.26 Å². The Balaban J connectivity index is 1.67. The van der Waals surface area contributed by atoms with Crippen LogP contribution in [0.3, 0.4) is 0 Å². The highest BCUT2D eigenvalue weighted by molar-refractivity contribution is 7.60. The average molecular weight is 547 g/mol. The molecule has 0 aromatic heterocycles. The third kappa shape index (κ3) is 7.71. The molecule has 206 valence electrons. The minimum Gasteiger partial charge on any atom is -0.460 e. The number of unbranched alkanes of at least 4 members (excludes halogenated alkanes) is 3. The van der Waals surface area contributed by atoms with Crippen molar-refractivity contribution >= 4 is 24.7 Å². The van der Waals surface area contributed by atoms with Crippen LogP contribution in [-0.2, 0) is 18.6 Å². The van der Waals surface area contributed by atoms with E-state index in [4.69, 9.17) is 9.26 Å². The molecule has 1 aliphatic rings. The van der Waals surface area contributed by atoms with Crippen molar-refractivity contribution in [3.05, 3.63) is 79.9 Å². The first-order valence-corrected chi connectivity index (χ1v) is 14.6. The first-order valence-electron chi connectivity index (χ1n) is 12.9. The van der Waals surface area contributed by atoms with E-state index >= 15 is 0 Å². The van der Waals surface area contributed by atoms with Crippen molar-refractivity contribution in [1.82, 2.24) is 0 Å². The third-order valence-corrected chi connectivity index (χ3v) is 9.98. The van der Waals surface area contributed by atoms with Gasteiger partial charge in [0.15, 0.2) is 0 Å². The molecule has 0 saturated carbocycles. The predicted molar refractivity (Wildman–Crippen MR) is 143 cm³/mol. The molecule has 0 unspecified atom stereocenters. The second-order valence-electron chi connectivity index (χ2n) is 10.5. The van der Waals surface area contributed by atoms with Crippen molar-refractivity contribution < 1.29 is 28.5 Å². The van der Waals surface area contributed by atoms with E-state index in [2.05, 4.69) is 0 Å². The number of nitrogens with zero attached hydrogens (tertiary/aromatic N) is 2. The number of ether oxygens (including phenoxy) is 1. The Labute approximate surface area is 222 Å². The van der Waals surface area contributed by atoms with Gasteiger partial charge in [-0.05, 0) is 57.6 Å². The Morgan fingerprint density at radius 2 is 1.29 bits per heavy atom. The second kappa shape index (κ2) is 12.6. The fourth-order valence-electron chi connectivity index (χ4n) is 4.78. The molecule has 0 N–H and O–H groups in total. The molecule has 1 heterocycles. The van der Waals surface area contributed by atoms with Crippen LogP contribution < -0.4 is 0 Å². The van der Waals surface area contributed by atoms with Gasteiger partial charge >= 0.3 is 5.97 Å². The number of hydrogen-bond donors (Lipinski definition) is 0. The molecule has 0 radical (unpaired) electrons. The van der Waals surface area contributed by atoms with Crippen LogP contribution in [0, 0.1) is 20.2 Å². The number of non-ortho nitro benzene ring substituents is 2. The van der Waals surface area contributed by atoms with E-state index in [0.717, 1.165) is 24.0 Å². The van der Waals surface area contributed by atoms with Crippen LogP contribution in [0.15, 0.2) is 48.5 Å². The Morgan fingerprint density at radius 1 is 0.842 bits per heavy atom. The third-order valence-electron chi connectivity index (χ3n) is 6.55.